The van der Waals surface area contributed by atoms with E-state index in [2.05, 4.69) is 21.1 Å². The Balaban J connectivity index is 1.17. The van der Waals surface area contributed by atoms with E-state index in [1.807, 2.05) is 61.6 Å². The van der Waals surface area contributed by atoms with Crippen molar-refractivity contribution in [3.63, 3.8) is 0 Å². The summed E-state index contributed by atoms with van der Waals surface area (Å²) in [7, 11) is 3.91. The molecule has 1 aliphatic heterocycles. The predicted octanol–water partition coefficient (Wildman–Crippen LogP) is 4.69. The topological polar surface area (TPSA) is 131 Å². The highest BCUT2D eigenvalue weighted by atomic mass is 32.2. The number of carbonyl (C=O) groups is 2. The Bertz CT molecular complexity index is 1720. The van der Waals surface area contributed by atoms with Gasteiger partial charge in [-0.05, 0) is 69.4 Å². The van der Waals surface area contributed by atoms with E-state index in [1.54, 1.807) is 4.57 Å². The Labute approximate surface area is 258 Å². The Kier molecular flexibility index (Phi) is 7.44. The van der Waals surface area contributed by atoms with Crippen LogP contribution < -0.4 is 15.8 Å². The number of nitrogens with one attached hydrogen (secondary N) is 2. The number of aromatic nitrogens is 3. The number of hydrogen-bond donors (Lipinski definition) is 3. The van der Waals surface area contributed by atoms with Crippen molar-refractivity contribution in [3.05, 3.63) is 76.2 Å². The molecule has 0 bridgehead atoms. The van der Waals surface area contributed by atoms with Crippen molar-refractivity contribution in [3.8, 4) is 0 Å². The van der Waals surface area contributed by atoms with Gasteiger partial charge >= 0.3 is 0 Å². The number of anilines is 1. The average Bonchev–Trinajstić information content (AvgIpc) is 3.92. The fourth-order valence-electron chi connectivity index (χ4n) is 5.49. The molecule has 2 atom stereocenters. The number of carbonyl (C=O) groups excluding carboxylic acids is 2. The van der Waals surface area contributed by atoms with E-state index in [1.165, 1.54) is 23.3 Å². The number of fused-ring (bicyclic) bond motifs is 1. The molecule has 4 aromatic rings. The van der Waals surface area contributed by atoms with Crippen LogP contribution in [0.25, 0.3) is 10.9 Å². The molecule has 1 aromatic carbocycles. The zero-order chi connectivity index (χ0) is 29.7. The molecule has 2 unspecified atom stereocenters. The van der Waals surface area contributed by atoms with Crippen LogP contribution in [0.3, 0.4) is 0 Å². The van der Waals surface area contributed by atoms with Gasteiger partial charge in [-0.25, -0.2) is 4.98 Å². The number of thiazole rings is 1. The van der Waals surface area contributed by atoms with Crippen LogP contribution in [0.5, 0.6) is 0 Å². The second-order valence-corrected chi connectivity index (χ2v) is 13.7. The van der Waals surface area contributed by atoms with E-state index < -0.39 is 11.3 Å². The van der Waals surface area contributed by atoms with E-state index in [9.17, 15) is 9.59 Å². The van der Waals surface area contributed by atoms with Crippen molar-refractivity contribution in [2.45, 2.75) is 56.0 Å². The smallest absolute Gasteiger partial charge is 0.274 e. The molecule has 222 valence electrons. The molecule has 43 heavy (non-hydrogen) atoms. The Morgan fingerprint density at radius 1 is 1.14 bits per heavy atom. The Morgan fingerprint density at radius 3 is 2.63 bits per heavy atom. The highest BCUT2D eigenvalue weighted by Crippen LogP contribution is 2.46. The Hall–Kier alpha value is -3.74. The summed E-state index contributed by atoms with van der Waals surface area (Å²) in [5, 5.41) is 4.58. The summed E-state index contributed by atoms with van der Waals surface area (Å²) < 4.78 is 4.58. The number of rotatable bonds is 10. The van der Waals surface area contributed by atoms with Gasteiger partial charge < -0.3 is 16.0 Å². The minimum atomic E-state index is -0.670. The van der Waals surface area contributed by atoms with Gasteiger partial charge in [0.25, 0.3) is 5.91 Å². The number of pyridine rings is 1. The minimum absolute atomic E-state index is 0.110. The molecule has 4 heterocycles. The van der Waals surface area contributed by atoms with Crippen LogP contribution in [-0.4, -0.2) is 56.6 Å². The molecule has 4 N–H and O–H groups in total. The molecule has 3 aliphatic rings. The van der Waals surface area contributed by atoms with Gasteiger partial charge in [0.05, 0.1) is 23.4 Å². The van der Waals surface area contributed by atoms with Crippen LogP contribution in [0, 0.1) is 5.92 Å². The van der Waals surface area contributed by atoms with E-state index >= 15 is 0 Å². The minimum Gasteiger partial charge on any atom is -0.387 e. The van der Waals surface area contributed by atoms with Gasteiger partial charge in [-0.3, -0.25) is 28.9 Å². The molecule has 3 aromatic heterocycles. The maximum Gasteiger partial charge on any atom is 0.274 e. The van der Waals surface area contributed by atoms with Crippen LogP contribution in [0.2, 0.25) is 0 Å². The molecule has 7 rings (SSSR count). The standard InChI is InChI=1S/C31H34N8O2S2/c1-38(2)16-22-26(30(41)39-13-12-20-23(39)14-21(18-8-9-18)34-25(20)19-10-11-19)42-31(35-22)36-29-24(28(40)37-43-29)27(32)33-15-17-6-4-3-5-7-17/h3-7,12-14,18-19,24,29H,8-11,15-16H2,1-2H3,(H2,32,33)(H,35,36)(H,37,40). The number of amidine groups is 1. The lowest BCUT2D eigenvalue weighted by Gasteiger charge is -2.16. The molecular weight excluding hydrogens is 581 g/mol. The monoisotopic (exact) mass is 614 g/mol. The zero-order valence-electron chi connectivity index (χ0n) is 24.1. The maximum atomic E-state index is 14.2. The lowest BCUT2D eigenvalue weighted by atomic mass is 10.1. The van der Waals surface area contributed by atoms with Crippen LogP contribution >= 0.6 is 23.3 Å². The van der Waals surface area contributed by atoms with Crippen molar-refractivity contribution >= 4 is 57.0 Å². The van der Waals surface area contributed by atoms with Gasteiger partial charge in [-0.2, -0.15) is 0 Å². The molecule has 0 radical (unpaired) electrons. The lowest BCUT2D eigenvalue weighted by molar-refractivity contribution is -0.120. The summed E-state index contributed by atoms with van der Waals surface area (Å²) in [4.78, 5) is 43.9. The van der Waals surface area contributed by atoms with E-state index in [-0.39, 0.29) is 17.6 Å². The van der Waals surface area contributed by atoms with E-state index in [4.69, 9.17) is 15.7 Å². The first kappa shape index (κ1) is 28.1. The van der Waals surface area contributed by atoms with Crippen molar-refractivity contribution < 1.29 is 9.59 Å². The van der Waals surface area contributed by atoms with E-state index in [0.29, 0.717) is 40.6 Å². The molecule has 1 saturated heterocycles. The number of nitrogens with two attached hydrogens (primary N) is 1. The third-order valence-corrected chi connectivity index (χ3v) is 9.99. The van der Waals surface area contributed by atoms with Crippen LogP contribution in [0.4, 0.5) is 5.13 Å². The van der Waals surface area contributed by atoms with Crippen LogP contribution in [0.15, 0.2) is 53.7 Å². The summed E-state index contributed by atoms with van der Waals surface area (Å²) in [6.45, 7) is 0.891. The van der Waals surface area contributed by atoms with Gasteiger partial charge in [-0.15, -0.1) is 0 Å². The highest BCUT2D eigenvalue weighted by molar-refractivity contribution is 7.99. The summed E-state index contributed by atoms with van der Waals surface area (Å²) in [6.07, 6.45) is 6.51. The van der Waals surface area contributed by atoms with Gasteiger partial charge in [-0.1, -0.05) is 41.7 Å². The summed E-state index contributed by atoms with van der Waals surface area (Å²) in [6, 6.07) is 13.9. The first-order valence-electron chi connectivity index (χ1n) is 14.6. The van der Waals surface area contributed by atoms with Gasteiger partial charge in [0.2, 0.25) is 5.91 Å². The first-order chi connectivity index (χ1) is 20.9. The second-order valence-electron chi connectivity index (χ2n) is 11.8. The fourth-order valence-corrected chi connectivity index (χ4v) is 7.45. The summed E-state index contributed by atoms with van der Waals surface area (Å²) in [5.41, 5.74) is 11.2. The van der Waals surface area contributed by atoms with Crippen molar-refractivity contribution in [1.82, 2.24) is 24.2 Å². The SMILES string of the molecule is CN(C)Cc1nc(NC2SNC(=O)C2C(N)=NCc2ccccc2)sc1C(=O)n1ccc2c(C3CC3)nc(C3CC3)cc21. The molecule has 10 nitrogen and oxygen atoms in total. The number of hydrogen-bond acceptors (Lipinski definition) is 9. The molecule has 2 aliphatic carbocycles. The zero-order valence-corrected chi connectivity index (χ0v) is 25.8. The summed E-state index contributed by atoms with van der Waals surface area (Å²) >= 11 is 2.55. The summed E-state index contributed by atoms with van der Waals surface area (Å²) in [5.74, 6) is 0.268. The normalized spacial score (nSPS) is 20.6. The quantitative estimate of drug-likeness (QED) is 0.133. The molecule has 3 fully saturated rings. The fraction of sp³-hybridized carbons (Fsp3) is 0.387. The molecule has 0 spiro atoms. The first-order valence-corrected chi connectivity index (χ1v) is 16.3. The third-order valence-electron chi connectivity index (χ3n) is 8.02. The molecule has 2 saturated carbocycles. The number of amides is 1. The molecule has 12 heteroatoms. The largest absolute Gasteiger partial charge is 0.387 e. The Morgan fingerprint density at radius 2 is 1.91 bits per heavy atom. The van der Waals surface area contributed by atoms with Crippen molar-refractivity contribution in [2.24, 2.45) is 16.6 Å². The van der Waals surface area contributed by atoms with E-state index in [0.717, 1.165) is 53.5 Å². The number of benzene rings is 1. The second kappa shape index (κ2) is 11.4. The maximum absolute atomic E-state index is 14.2. The third kappa shape index (κ3) is 5.78. The van der Waals surface area contributed by atoms with Crippen molar-refractivity contribution in [2.75, 3.05) is 19.4 Å². The lowest BCUT2D eigenvalue weighted by Crippen LogP contribution is -2.38. The number of nitrogens with zero attached hydrogens (tertiary/aromatic N) is 5. The van der Waals surface area contributed by atoms with Gasteiger partial charge in [0, 0.05) is 35.7 Å². The molecule has 1 amide bonds. The van der Waals surface area contributed by atoms with Crippen molar-refractivity contribution in [1.29, 1.82) is 0 Å². The highest BCUT2D eigenvalue weighted by Gasteiger charge is 2.40. The van der Waals surface area contributed by atoms with Crippen LogP contribution in [0.1, 0.15) is 69.8 Å². The predicted molar refractivity (Wildman–Crippen MR) is 171 cm³/mol. The molecular formula is C31H34N8O2S2. The number of aliphatic imine (C=N–C) groups is 1. The average molecular weight is 615 g/mol. The van der Waals surface area contributed by atoms with Crippen LogP contribution in [-0.2, 0) is 17.9 Å². The van der Waals surface area contributed by atoms with Gasteiger partial charge in [0.1, 0.15) is 22.0 Å². The van der Waals surface area contributed by atoms with Gasteiger partial charge in [0.15, 0.2) is 5.13 Å².